The fraction of sp³-hybridized carbons (Fsp3) is 0.125. The molecule has 0 unspecified atom stereocenters. The molecule has 1 aromatic carbocycles. The van der Waals surface area contributed by atoms with Gasteiger partial charge in [-0.2, -0.15) is 0 Å². The van der Waals surface area contributed by atoms with E-state index in [1.165, 1.54) is 12.1 Å². The molecule has 3 heteroatoms. The maximum absolute atomic E-state index is 10.4. The van der Waals surface area contributed by atoms with Gasteiger partial charge in [-0.15, -0.1) is 11.6 Å². The van der Waals surface area contributed by atoms with Crippen LogP contribution in [0.1, 0.15) is 15.9 Å². The van der Waals surface area contributed by atoms with Crippen LogP contribution >= 0.6 is 11.6 Å². The quantitative estimate of drug-likeness (QED) is 0.544. The van der Waals surface area contributed by atoms with Gasteiger partial charge in [-0.3, -0.25) is 4.79 Å². The predicted octanol–water partition coefficient (Wildman–Crippen LogP) is 1.94. The van der Waals surface area contributed by atoms with Crippen LogP contribution in [0, 0.1) is 0 Å². The van der Waals surface area contributed by atoms with E-state index >= 15 is 0 Å². The van der Waals surface area contributed by atoms with Crippen LogP contribution in [0.25, 0.3) is 0 Å². The highest BCUT2D eigenvalue weighted by Gasteiger charge is 2.00. The van der Waals surface area contributed by atoms with E-state index in [9.17, 15) is 4.79 Å². The molecular weight excluding hydrogens is 164 g/mol. The smallest absolute Gasteiger partial charge is 0.150 e. The molecule has 0 aliphatic heterocycles. The van der Waals surface area contributed by atoms with Gasteiger partial charge in [0.05, 0.1) is 0 Å². The largest absolute Gasteiger partial charge is 0.508 e. The molecule has 1 rings (SSSR count). The van der Waals surface area contributed by atoms with Gasteiger partial charge < -0.3 is 5.11 Å². The van der Waals surface area contributed by atoms with Gasteiger partial charge in [0.2, 0.25) is 0 Å². The van der Waals surface area contributed by atoms with E-state index in [0.29, 0.717) is 11.1 Å². The number of benzene rings is 1. The van der Waals surface area contributed by atoms with Crippen molar-refractivity contribution in [1.82, 2.24) is 0 Å². The number of carbonyl (C=O) groups excluding carboxylic acids is 1. The van der Waals surface area contributed by atoms with Crippen molar-refractivity contribution in [2.45, 2.75) is 5.88 Å². The molecule has 0 fully saturated rings. The van der Waals surface area contributed by atoms with Crippen molar-refractivity contribution in [3.8, 4) is 5.75 Å². The molecule has 1 aromatic rings. The molecule has 0 aromatic heterocycles. The first-order valence-corrected chi connectivity index (χ1v) is 3.64. The van der Waals surface area contributed by atoms with Crippen molar-refractivity contribution >= 4 is 17.9 Å². The van der Waals surface area contributed by atoms with Crippen molar-refractivity contribution in [3.63, 3.8) is 0 Å². The number of aromatic hydroxyl groups is 1. The molecule has 0 spiro atoms. The zero-order chi connectivity index (χ0) is 8.27. The molecule has 1 N–H and O–H groups in total. The minimum atomic E-state index is 0.131. The van der Waals surface area contributed by atoms with Gasteiger partial charge in [0.15, 0.2) is 0 Å². The lowest BCUT2D eigenvalue weighted by molar-refractivity contribution is 0.112. The van der Waals surface area contributed by atoms with Gasteiger partial charge in [-0.1, -0.05) is 0 Å². The molecular formula is C8H7ClO2. The standard InChI is InChI=1S/C8H7ClO2/c9-4-7-3-8(11)2-1-6(7)5-10/h1-3,5,11H,4H2. The Kier molecular flexibility index (Phi) is 2.49. The number of hydrogen-bond donors (Lipinski definition) is 1. The number of rotatable bonds is 2. The summed E-state index contributed by atoms with van der Waals surface area (Å²) in [5, 5.41) is 8.99. The molecule has 58 valence electrons. The van der Waals surface area contributed by atoms with Gasteiger partial charge in [0, 0.05) is 11.4 Å². The number of alkyl halides is 1. The summed E-state index contributed by atoms with van der Waals surface area (Å²) in [5.41, 5.74) is 1.18. The number of phenolic OH excluding ortho intramolecular Hbond substituents is 1. The van der Waals surface area contributed by atoms with Gasteiger partial charge in [0.25, 0.3) is 0 Å². The fourth-order valence-corrected chi connectivity index (χ4v) is 1.05. The summed E-state index contributed by atoms with van der Waals surface area (Å²) < 4.78 is 0. The Morgan fingerprint density at radius 3 is 2.82 bits per heavy atom. The van der Waals surface area contributed by atoms with E-state index in [1.54, 1.807) is 6.07 Å². The van der Waals surface area contributed by atoms with Crippen LogP contribution in [0.3, 0.4) is 0 Å². The van der Waals surface area contributed by atoms with Crippen molar-refractivity contribution < 1.29 is 9.90 Å². The van der Waals surface area contributed by atoms with E-state index < -0.39 is 0 Å². The van der Waals surface area contributed by atoms with Gasteiger partial charge >= 0.3 is 0 Å². The first kappa shape index (κ1) is 8.08. The highest BCUT2D eigenvalue weighted by molar-refractivity contribution is 6.17. The molecule has 11 heavy (non-hydrogen) atoms. The van der Waals surface area contributed by atoms with Gasteiger partial charge in [-0.05, 0) is 23.8 Å². The van der Waals surface area contributed by atoms with Crippen LogP contribution in [0.2, 0.25) is 0 Å². The molecule has 0 bridgehead atoms. The Bertz CT molecular complexity index is 271. The maximum Gasteiger partial charge on any atom is 0.150 e. The summed E-state index contributed by atoms with van der Waals surface area (Å²) in [6.45, 7) is 0. The monoisotopic (exact) mass is 170 g/mol. The van der Waals surface area contributed by atoms with Crippen LogP contribution in [0.5, 0.6) is 5.75 Å². The summed E-state index contributed by atoms with van der Waals surface area (Å²) in [4.78, 5) is 10.4. The van der Waals surface area contributed by atoms with E-state index in [2.05, 4.69) is 0 Å². The molecule has 0 amide bonds. The second kappa shape index (κ2) is 3.39. The number of halogens is 1. The van der Waals surface area contributed by atoms with Crippen LogP contribution in [-0.4, -0.2) is 11.4 Å². The zero-order valence-electron chi connectivity index (χ0n) is 5.75. The Labute approximate surface area is 69.4 Å². The van der Waals surface area contributed by atoms with Crippen molar-refractivity contribution in [3.05, 3.63) is 29.3 Å². The predicted molar refractivity (Wildman–Crippen MR) is 43.1 cm³/mol. The Balaban J connectivity index is 3.16. The lowest BCUT2D eigenvalue weighted by Gasteiger charge is -1.99. The van der Waals surface area contributed by atoms with Gasteiger partial charge in [0.1, 0.15) is 12.0 Å². The summed E-state index contributed by atoms with van der Waals surface area (Å²) >= 11 is 5.51. The summed E-state index contributed by atoms with van der Waals surface area (Å²) in [6, 6.07) is 4.48. The maximum atomic E-state index is 10.4. The fourth-order valence-electron chi connectivity index (χ4n) is 0.823. The Morgan fingerprint density at radius 2 is 2.27 bits per heavy atom. The number of carbonyl (C=O) groups is 1. The molecule has 0 saturated carbocycles. The van der Waals surface area contributed by atoms with Crippen molar-refractivity contribution in [2.75, 3.05) is 0 Å². The average Bonchev–Trinajstić information content (AvgIpc) is 2.04. The Hall–Kier alpha value is -1.02. The highest BCUT2D eigenvalue weighted by atomic mass is 35.5. The lowest BCUT2D eigenvalue weighted by atomic mass is 10.1. The molecule has 0 aliphatic rings. The summed E-state index contributed by atoms with van der Waals surface area (Å²) in [5.74, 6) is 0.369. The zero-order valence-corrected chi connectivity index (χ0v) is 6.51. The lowest BCUT2D eigenvalue weighted by Crippen LogP contribution is -1.87. The van der Waals surface area contributed by atoms with E-state index in [0.717, 1.165) is 6.29 Å². The highest BCUT2D eigenvalue weighted by Crippen LogP contribution is 2.16. The average molecular weight is 171 g/mol. The Morgan fingerprint density at radius 1 is 1.55 bits per heavy atom. The third kappa shape index (κ3) is 1.71. The number of aldehydes is 1. The minimum Gasteiger partial charge on any atom is -0.508 e. The van der Waals surface area contributed by atoms with E-state index in [-0.39, 0.29) is 11.6 Å². The minimum absolute atomic E-state index is 0.131. The normalized spacial score (nSPS) is 9.55. The number of hydrogen-bond acceptors (Lipinski definition) is 2. The molecule has 0 atom stereocenters. The molecule has 0 heterocycles. The van der Waals surface area contributed by atoms with Crippen LogP contribution in [0.15, 0.2) is 18.2 Å². The summed E-state index contributed by atoms with van der Waals surface area (Å²) in [7, 11) is 0. The molecule has 0 aliphatic carbocycles. The number of phenols is 1. The molecule has 2 nitrogen and oxygen atoms in total. The molecule has 0 radical (unpaired) electrons. The van der Waals surface area contributed by atoms with Gasteiger partial charge in [-0.25, -0.2) is 0 Å². The van der Waals surface area contributed by atoms with Crippen molar-refractivity contribution in [1.29, 1.82) is 0 Å². The molecule has 0 saturated heterocycles. The van der Waals surface area contributed by atoms with E-state index in [1.807, 2.05) is 0 Å². The third-order valence-electron chi connectivity index (χ3n) is 1.40. The van der Waals surface area contributed by atoms with Crippen molar-refractivity contribution in [2.24, 2.45) is 0 Å². The topological polar surface area (TPSA) is 37.3 Å². The summed E-state index contributed by atoms with van der Waals surface area (Å²) in [6.07, 6.45) is 0.719. The van der Waals surface area contributed by atoms with Crippen LogP contribution in [-0.2, 0) is 5.88 Å². The SMILES string of the molecule is O=Cc1ccc(O)cc1CCl. The first-order chi connectivity index (χ1) is 5.27. The second-order valence-electron chi connectivity index (χ2n) is 2.13. The van der Waals surface area contributed by atoms with Crippen LogP contribution < -0.4 is 0 Å². The van der Waals surface area contributed by atoms with Crippen LogP contribution in [0.4, 0.5) is 0 Å². The third-order valence-corrected chi connectivity index (χ3v) is 1.69. The van der Waals surface area contributed by atoms with E-state index in [4.69, 9.17) is 16.7 Å². The first-order valence-electron chi connectivity index (χ1n) is 3.11. The second-order valence-corrected chi connectivity index (χ2v) is 2.40.